The van der Waals surface area contributed by atoms with E-state index in [0.717, 1.165) is 51.5 Å². The molecule has 1 fully saturated rings. The van der Waals surface area contributed by atoms with Gasteiger partial charge in [0.2, 0.25) is 0 Å². The van der Waals surface area contributed by atoms with Crippen molar-refractivity contribution < 1.29 is 4.74 Å². The summed E-state index contributed by atoms with van der Waals surface area (Å²) in [6, 6.07) is 10.4. The first-order chi connectivity index (χ1) is 14.2. The summed E-state index contributed by atoms with van der Waals surface area (Å²) in [6.07, 6.45) is 8.77. The summed E-state index contributed by atoms with van der Waals surface area (Å²) < 4.78 is 7.16. The summed E-state index contributed by atoms with van der Waals surface area (Å²) in [5.41, 5.74) is 8.21. The van der Waals surface area contributed by atoms with Crippen LogP contribution in [0, 0.1) is 6.92 Å². The number of pyridine rings is 2. The van der Waals surface area contributed by atoms with Crippen molar-refractivity contribution in [2.75, 3.05) is 13.7 Å². The van der Waals surface area contributed by atoms with Gasteiger partial charge in [0.1, 0.15) is 0 Å². The minimum absolute atomic E-state index is 0.546. The Hall–Kier alpha value is -3.12. The Morgan fingerprint density at radius 3 is 2.62 bits per heavy atom. The maximum atomic E-state index is 5.15. The molecule has 0 atom stereocenters. The summed E-state index contributed by atoms with van der Waals surface area (Å²) in [4.78, 5) is 13.7. The summed E-state index contributed by atoms with van der Waals surface area (Å²) in [5, 5.41) is 4.98. The Bertz CT molecular complexity index is 1150. The Morgan fingerprint density at radius 1 is 1.10 bits per heavy atom. The second-order valence-corrected chi connectivity index (χ2v) is 7.56. The van der Waals surface area contributed by atoms with E-state index < -0.39 is 0 Å². The van der Waals surface area contributed by atoms with E-state index in [-0.39, 0.29) is 0 Å². The van der Waals surface area contributed by atoms with Gasteiger partial charge in [0.15, 0.2) is 5.65 Å². The predicted octanol–water partition coefficient (Wildman–Crippen LogP) is 4.23. The smallest absolute Gasteiger partial charge is 0.162 e. The third-order valence-corrected chi connectivity index (χ3v) is 5.42. The van der Waals surface area contributed by atoms with E-state index in [1.54, 1.807) is 7.11 Å². The average molecular weight is 385 g/mol. The van der Waals surface area contributed by atoms with Gasteiger partial charge in [-0.2, -0.15) is 5.10 Å². The lowest BCUT2D eigenvalue weighted by atomic mass is 10.1. The van der Waals surface area contributed by atoms with Crippen LogP contribution < -0.4 is 0 Å². The highest BCUT2D eigenvalue weighted by molar-refractivity contribution is 5.80. The van der Waals surface area contributed by atoms with Crippen molar-refractivity contribution in [1.82, 2.24) is 24.6 Å². The zero-order chi connectivity index (χ0) is 19.8. The van der Waals surface area contributed by atoms with Gasteiger partial charge < -0.3 is 4.74 Å². The second-order valence-electron chi connectivity index (χ2n) is 7.56. The van der Waals surface area contributed by atoms with Crippen LogP contribution in [0.4, 0.5) is 0 Å². The summed E-state index contributed by atoms with van der Waals surface area (Å²) in [7, 11) is 1.71. The van der Waals surface area contributed by atoms with Gasteiger partial charge in [-0.15, -0.1) is 0 Å². The zero-order valence-corrected chi connectivity index (χ0v) is 16.7. The van der Waals surface area contributed by atoms with Gasteiger partial charge in [0.05, 0.1) is 23.7 Å². The van der Waals surface area contributed by atoms with Crippen molar-refractivity contribution >= 4 is 5.65 Å². The molecule has 1 aliphatic rings. The van der Waals surface area contributed by atoms with E-state index in [4.69, 9.17) is 14.8 Å². The number of hydrogen-bond donors (Lipinski definition) is 0. The number of aryl methyl sites for hydroxylation is 1. The van der Waals surface area contributed by atoms with Crippen LogP contribution in [0.5, 0.6) is 0 Å². The first-order valence-electron chi connectivity index (χ1n) is 9.99. The van der Waals surface area contributed by atoms with E-state index in [1.165, 1.54) is 12.8 Å². The molecule has 0 aliphatic heterocycles. The monoisotopic (exact) mass is 385 g/mol. The lowest BCUT2D eigenvalue weighted by Crippen LogP contribution is -2.02. The predicted molar refractivity (Wildman–Crippen MR) is 112 cm³/mol. The molecule has 0 aromatic carbocycles. The minimum Gasteiger partial charge on any atom is -0.384 e. The lowest BCUT2D eigenvalue weighted by molar-refractivity contribution is 0.201. The highest BCUT2D eigenvalue weighted by Gasteiger charge is 2.28. The van der Waals surface area contributed by atoms with Crippen LogP contribution in [0.15, 0.2) is 48.9 Å². The number of rotatable bonds is 6. The maximum Gasteiger partial charge on any atom is 0.162 e. The molecule has 4 aromatic rings. The molecule has 0 unspecified atom stereocenters. The molecular formula is C23H23N5O. The molecule has 29 heavy (non-hydrogen) atoms. The molecule has 0 radical (unpaired) electrons. The normalized spacial score (nSPS) is 13.9. The van der Waals surface area contributed by atoms with E-state index in [2.05, 4.69) is 28.2 Å². The van der Waals surface area contributed by atoms with Crippen LogP contribution >= 0.6 is 0 Å². The van der Waals surface area contributed by atoms with Gasteiger partial charge in [-0.25, -0.2) is 9.50 Å². The third kappa shape index (κ3) is 3.40. The van der Waals surface area contributed by atoms with Crippen LogP contribution in [0.1, 0.15) is 35.8 Å². The molecule has 1 aliphatic carbocycles. The lowest BCUT2D eigenvalue weighted by Gasteiger charge is -2.09. The van der Waals surface area contributed by atoms with E-state index in [9.17, 15) is 0 Å². The van der Waals surface area contributed by atoms with E-state index in [1.807, 2.05) is 42.2 Å². The molecule has 5 rings (SSSR count). The molecule has 6 heteroatoms. The summed E-state index contributed by atoms with van der Waals surface area (Å²) in [5.74, 6) is 0.546. The molecule has 0 saturated heterocycles. The number of hydrogen-bond acceptors (Lipinski definition) is 5. The Morgan fingerprint density at radius 2 is 1.93 bits per heavy atom. The highest BCUT2D eigenvalue weighted by Crippen LogP contribution is 2.41. The fourth-order valence-corrected chi connectivity index (χ4v) is 3.72. The first kappa shape index (κ1) is 17.9. The number of nitrogens with zero attached hydrogens (tertiary/aromatic N) is 5. The van der Waals surface area contributed by atoms with Crippen LogP contribution in [0.2, 0.25) is 0 Å². The quantitative estimate of drug-likeness (QED) is 0.497. The van der Waals surface area contributed by atoms with Gasteiger partial charge in [-0.05, 0) is 55.7 Å². The van der Waals surface area contributed by atoms with Crippen LogP contribution in [0.3, 0.4) is 0 Å². The van der Waals surface area contributed by atoms with Crippen molar-refractivity contribution in [1.29, 1.82) is 0 Å². The number of aromatic nitrogens is 5. The van der Waals surface area contributed by atoms with Gasteiger partial charge in [-0.3, -0.25) is 9.97 Å². The fourth-order valence-electron chi connectivity index (χ4n) is 3.72. The largest absolute Gasteiger partial charge is 0.384 e. The topological polar surface area (TPSA) is 65.2 Å². The molecule has 146 valence electrons. The van der Waals surface area contributed by atoms with Gasteiger partial charge in [0, 0.05) is 54.9 Å². The standard InChI is InChI=1S/C23H23N5O/c1-15-22(18-5-6-19(25-14-18)9-12-29-2)28-23(26-15)20(16-7-10-24-11-8-16)13-21(27-28)17-3-4-17/h5-8,10-11,13-14,17H,3-4,9,12H2,1-2H3. The van der Waals surface area contributed by atoms with E-state index in [0.29, 0.717) is 12.5 Å². The number of imidazole rings is 1. The fraction of sp³-hybridized carbons (Fsp3) is 0.304. The van der Waals surface area contributed by atoms with Gasteiger partial charge in [-0.1, -0.05) is 0 Å². The summed E-state index contributed by atoms with van der Waals surface area (Å²) >= 11 is 0. The number of ether oxygens (including phenoxy) is 1. The molecule has 0 amide bonds. The Labute approximate surface area is 169 Å². The molecule has 0 bridgehead atoms. The molecule has 4 heterocycles. The molecule has 0 spiro atoms. The maximum absolute atomic E-state index is 5.15. The Balaban J connectivity index is 1.66. The van der Waals surface area contributed by atoms with Crippen LogP contribution in [0.25, 0.3) is 28.0 Å². The molecule has 6 nitrogen and oxygen atoms in total. The second kappa shape index (κ2) is 7.37. The molecule has 4 aromatic heterocycles. The molecule has 0 N–H and O–H groups in total. The Kier molecular flexibility index (Phi) is 4.56. The van der Waals surface area contributed by atoms with Crippen molar-refractivity contribution in [3.05, 3.63) is 66.0 Å². The minimum atomic E-state index is 0.546. The molecular weight excluding hydrogens is 362 g/mol. The van der Waals surface area contributed by atoms with Crippen molar-refractivity contribution in [3.8, 4) is 22.4 Å². The van der Waals surface area contributed by atoms with Crippen LogP contribution in [-0.2, 0) is 11.2 Å². The average Bonchev–Trinajstić information content (AvgIpc) is 3.55. The van der Waals surface area contributed by atoms with E-state index >= 15 is 0 Å². The zero-order valence-electron chi connectivity index (χ0n) is 16.7. The third-order valence-electron chi connectivity index (χ3n) is 5.42. The first-order valence-corrected chi connectivity index (χ1v) is 9.99. The highest BCUT2D eigenvalue weighted by atomic mass is 16.5. The van der Waals surface area contributed by atoms with Crippen molar-refractivity contribution in [2.45, 2.75) is 32.1 Å². The summed E-state index contributed by atoms with van der Waals surface area (Å²) in [6.45, 7) is 2.71. The number of methoxy groups -OCH3 is 1. The van der Waals surface area contributed by atoms with Gasteiger partial charge >= 0.3 is 0 Å². The SMILES string of the molecule is COCCc1ccc(-c2c(C)nc3c(-c4ccncc4)cc(C4CC4)nn23)cn1. The van der Waals surface area contributed by atoms with Crippen molar-refractivity contribution in [3.63, 3.8) is 0 Å². The number of fused-ring (bicyclic) bond motifs is 1. The van der Waals surface area contributed by atoms with Crippen LogP contribution in [-0.4, -0.2) is 38.3 Å². The van der Waals surface area contributed by atoms with Crippen molar-refractivity contribution in [2.24, 2.45) is 0 Å². The van der Waals surface area contributed by atoms with Gasteiger partial charge in [0.25, 0.3) is 0 Å². The molecule has 1 saturated carbocycles.